The number of ether oxygens (including phenoxy) is 1. The maximum atomic E-state index is 12.2. The lowest BCUT2D eigenvalue weighted by atomic mass is 10.3. The quantitative estimate of drug-likeness (QED) is 0.717. The summed E-state index contributed by atoms with van der Waals surface area (Å²) < 4.78 is 13.8. The first-order chi connectivity index (χ1) is 11.5. The highest BCUT2D eigenvalue weighted by Gasteiger charge is 2.14. The van der Waals surface area contributed by atoms with Crippen molar-refractivity contribution in [3.05, 3.63) is 64.3 Å². The van der Waals surface area contributed by atoms with Crippen molar-refractivity contribution in [2.24, 2.45) is 7.05 Å². The summed E-state index contributed by atoms with van der Waals surface area (Å²) in [6.07, 6.45) is 1.74. The van der Waals surface area contributed by atoms with Gasteiger partial charge in [0, 0.05) is 17.7 Å². The number of carbonyl (C=O) groups excluding carboxylic acids is 1. The first kappa shape index (κ1) is 16.3. The fraction of sp³-hybridized carbons (Fsp3) is 0.176. The van der Waals surface area contributed by atoms with Gasteiger partial charge in [-0.05, 0) is 43.3 Å². The number of aromatic nitrogens is 2. The van der Waals surface area contributed by atoms with E-state index in [1.165, 1.54) is 0 Å². The molecule has 0 aliphatic rings. The van der Waals surface area contributed by atoms with Crippen LogP contribution >= 0.6 is 15.9 Å². The van der Waals surface area contributed by atoms with Gasteiger partial charge in [0.15, 0.2) is 5.76 Å². The summed E-state index contributed by atoms with van der Waals surface area (Å²) in [6.45, 7) is 2.08. The Morgan fingerprint density at radius 2 is 2.04 bits per heavy atom. The number of halogens is 1. The second-order valence-electron chi connectivity index (χ2n) is 5.26. The van der Waals surface area contributed by atoms with Gasteiger partial charge in [0.25, 0.3) is 5.91 Å². The molecule has 1 amide bonds. The molecule has 0 spiro atoms. The molecule has 0 aliphatic carbocycles. The van der Waals surface area contributed by atoms with Gasteiger partial charge in [-0.3, -0.25) is 9.48 Å². The first-order valence-electron chi connectivity index (χ1n) is 7.30. The van der Waals surface area contributed by atoms with Crippen molar-refractivity contribution in [2.75, 3.05) is 5.32 Å². The molecule has 0 bridgehead atoms. The summed E-state index contributed by atoms with van der Waals surface area (Å²) in [5.74, 6) is 1.21. The highest BCUT2D eigenvalue weighted by molar-refractivity contribution is 9.10. The molecule has 0 atom stereocenters. The average Bonchev–Trinajstić information content (AvgIpc) is 3.14. The summed E-state index contributed by atoms with van der Waals surface area (Å²) in [6, 6.07) is 10.8. The van der Waals surface area contributed by atoms with Crippen molar-refractivity contribution in [1.82, 2.24) is 9.78 Å². The van der Waals surface area contributed by atoms with Gasteiger partial charge in [0.2, 0.25) is 0 Å². The van der Waals surface area contributed by atoms with Gasteiger partial charge in [-0.1, -0.05) is 15.9 Å². The van der Waals surface area contributed by atoms with Crippen molar-refractivity contribution in [3.63, 3.8) is 0 Å². The van der Waals surface area contributed by atoms with Crippen LogP contribution in [0.1, 0.15) is 22.0 Å². The number of hydrogen-bond acceptors (Lipinski definition) is 4. The lowest BCUT2D eigenvalue weighted by Gasteiger charge is -2.04. The predicted molar refractivity (Wildman–Crippen MR) is 93.1 cm³/mol. The van der Waals surface area contributed by atoms with Gasteiger partial charge in [-0.25, -0.2) is 0 Å². The number of carbonyl (C=O) groups is 1. The van der Waals surface area contributed by atoms with E-state index in [0.717, 1.165) is 15.9 Å². The molecule has 2 aromatic heterocycles. The van der Waals surface area contributed by atoms with Crippen molar-refractivity contribution in [1.29, 1.82) is 0 Å². The zero-order valence-electron chi connectivity index (χ0n) is 13.2. The summed E-state index contributed by atoms with van der Waals surface area (Å²) in [4.78, 5) is 12.2. The van der Waals surface area contributed by atoms with E-state index in [1.54, 1.807) is 30.1 Å². The Balaban J connectivity index is 1.61. The summed E-state index contributed by atoms with van der Waals surface area (Å²) >= 11 is 3.37. The molecule has 0 radical (unpaired) electrons. The molecule has 6 nitrogen and oxygen atoms in total. The molecule has 0 saturated carbocycles. The third kappa shape index (κ3) is 3.86. The summed E-state index contributed by atoms with van der Waals surface area (Å²) in [5, 5.41) is 6.96. The molecule has 3 aromatic rings. The van der Waals surface area contributed by atoms with E-state index in [-0.39, 0.29) is 18.3 Å². The number of rotatable bonds is 5. The molecular formula is C17H16BrN3O3. The number of furan rings is 1. The van der Waals surface area contributed by atoms with Gasteiger partial charge in [0.05, 0.1) is 11.4 Å². The minimum Gasteiger partial charge on any atom is -0.486 e. The topological polar surface area (TPSA) is 69.3 Å². The highest BCUT2D eigenvalue weighted by Crippen LogP contribution is 2.19. The Morgan fingerprint density at radius 1 is 1.29 bits per heavy atom. The molecule has 0 saturated heterocycles. The predicted octanol–water partition coefficient (Wildman–Crippen LogP) is 3.92. The van der Waals surface area contributed by atoms with Crippen LogP contribution in [0, 0.1) is 6.92 Å². The number of aryl methyl sites for hydroxylation is 2. The molecular weight excluding hydrogens is 374 g/mol. The van der Waals surface area contributed by atoms with Gasteiger partial charge < -0.3 is 14.5 Å². The van der Waals surface area contributed by atoms with Crippen LogP contribution in [0.4, 0.5) is 5.69 Å². The van der Waals surface area contributed by atoms with Crippen molar-refractivity contribution < 1.29 is 13.9 Å². The Bertz CT molecular complexity index is 852. The Labute approximate surface area is 147 Å². The number of hydrogen-bond donors (Lipinski definition) is 1. The van der Waals surface area contributed by atoms with Crippen LogP contribution in [-0.2, 0) is 13.7 Å². The average molecular weight is 390 g/mol. The fourth-order valence-electron chi connectivity index (χ4n) is 2.17. The van der Waals surface area contributed by atoms with Gasteiger partial charge in [-0.2, -0.15) is 5.10 Å². The van der Waals surface area contributed by atoms with Crippen LogP contribution in [0.25, 0.3) is 0 Å². The Morgan fingerprint density at radius 3 is 2.71 bits per heavy atom. The maximum Gasteiger partial charge on any atom is 0.291 e. The van der Waals surface area contributed by atoms with Crippen molar-refractivity contribution >= 4 is 27.5 Å². The molecule has 0 aliphatic heterocycles. The zero-order chi connectivity index (χ0) is 17.1. The highest BCUT2D eigenvalue weighted by atomic mass is 79.9. The molecule has 3 rings (SSSR count). The normalized spacial score (nSPS) is 10.6. The first-order valence-corrected chi connectivity index (χ1v) is 8.09. The van der Waals surface area contributed by atoms with Gasteiger partial charge in [0.1, 0.15) is 18.1 Å². The number of benzene rings is 1. The number of nitrogens with one attached hydrogen (secondary N) is 1. The zero-order valence-corrected chi connectivity index (χ0v) is 14.8. The van der Waals surface area contributed by atoms with Crippen LogP contribution in [0.2, 0.25) is 0 Å². The molecule has 0 unspecified atom stereocenters. The second-order valence-corrected chi connectivity index (χ2v) is 6.18. The van der Waals surface area contributed by atoms with E-state index in [0.29, 0.717) is 11.4 Å². The maximum absolute atomic E-state index is 12.2. The molecule has 1 aromatic carbocycles. The molecule has 2 heterocycles. The monoisotopic (exact) mass is 389 g/mol. The smallest absolute Gasteiger partial charge is 0.291 e. The molecule has 124 valence electrons. The molecule has 0 fully saturated rings. The summed E-state index contributed by atoms with van der Waals surface area (Å²) in [7, 11) is 1.80. The molecule has 1 N–H and O–H groups in total. The minimum absolute atomic E-state index is 0.229. The van der Waals surface area contributed by atoms with Crippen molar-refractivity contribution in [3.8, 4) is 5.75 Å². The second kappa shape index (κ2) is 6.92. The number of amides is 1. The van der Waals surface area contributed by atoms with E-state index in [2.05, 4.69) is 26.3 Å². The standard InChI is InChI=1S/C17H16BrN3O3/c1-11-15(9-21(2)20-11)19-17(22)16-8-7-14(24-16)10-23-13-5-3-12(18)4-6-13/h3-9H,10H2,1-2H3,(H,19,22). The van der Waals surface area contributed by atoms with Gasteiger partial charge >= 0.3 is 0 Å². The fourth-order valence-corrected chi connectivity index (χ4v) is 2.43. The van der Waals surface area contributed by atoms with E-state index >= 15 is 0 Å². The Kier molecular flexibility index (Phi) is 4.71. The largest absolute Gasteiger partial charge is 0.486 e. The van der Waals surface area contributed by atoms with Crippen LogP contribution in [0.3, 0.4) is 0 Å². The summed E-state index contributed by atoms with van der Waals surface area (Å²) in [5.41, 5.74) is 1.41. The SMILES string of the molecule is Cc1nn(C)cc1NC(=O)c1ccc(COc2ccc(Br)cc2)o1. The van der Waals surface area contributed by atoms with Crippen molar-refractivity contribution in [2.45, 2.75) is 13.5 Å². The van der Waals surface area contributed by atoms with Crippen LogP contribution in [0.5, 0.6) is 5.75 Å². The van der Waals surface area contributed by atoms with E-state index in [4.69, 9.17) is 9.15 Å². The number of anilines is 1. The minimum atomic E-state index is -0.319. The molecule has 24 heavy (non-hydrogen) atoms. The van der Waals surface area contributed by atoms with E-state index in [9.17, 15) is 4.79 Å². The van der Waals surface area contributed by atoms with Gasteiger partial charge in [-0.15, -0.1) is 0 Å². The lowest BCUT2D eigenvalue weighted by Crippen LogP contribution is -2.11. The van der Waals surface area contributed by atoms with Crippen LogP contribution < -0.4 is 10.1 Å². The lowest BCUT2D eigenvalue weighted by molar-refractivity contribution is 0.0992. The number of nitrogens with zero attached hydrogens (tertiary/aromatic N) is 2. The molecule has 7 heteroatoms. The Hall–Kier alpha value is -2.54. The van der Waals surface area contributed by atoms with E-state index < -0.39 is 0 Å². The van der Waals surface area contributed by atoms with Crippen LogP contribution in [0.15, 0.2) is 51.5 Å². The third-order valence-corrected chi connectivity index (χ3v) is 3.87. The third-order valence-electron chi connectivity index (χ3n) is 3.34. The van der Waals surface area contributed by atoms with Crippen LogP contribution in [-0.4, -0.2) is 15.7 Å². The van der Waals surface area contributed by atoms with E-state index in [1.807, 2.05) is 31.2 Å².